The lowest BCUT2D eigenvalue weighted by atomic mass is 9.84. The molecule has 1 saturated heterocycles. The number of nitrogens with zero attached hydrogens (tertiary/aromatic N) is 1. The van der Waals surface area contributed by atoms with Gasteiger partial charge in [-0.25, -0.2) is 0 Å². The Balaban J connectivity index is 2.51. The van der Waals surface area contributed by atoms with Crippen molar-refractivity contribution in [2.24, 2.45) is 5.41 Å². The molecule has 1 aliphatic rings. The molecule has 0 amide bonds. The fraction of sp³-hybridized carbons (Fsp3) is 1.00. The summed E-state index contributed by atoms with van der Waals surface area (Å²) in [4.78, 5) is 2.61. The van der Waals surface area contributed by atoms with Crippen molar-refractivity contribution in [1.82, 2.24) is 10.2 Å². The average molecular weight is 270 g/mol. The standard InChI is InChI=1S/C16H34N2O/c1-8-13-11-17-14(15(2,3)4)12-18(13)9-10-19-16(5,6)7/h13-14,17H,8-12H2,1-7H3. The summed E-state index contributed by atoms with van der Waals surface area (Å²) in [5.74, 6) is 0. The Hall–Kier alpha value is -0.120. The van der Waals surface area contributed by atoms with Crippen molar-refractivity contribution in [1.29, 1.82) is 0 Å². The predicted molar refractivity (Wildman–Crippen MR) is 82.6 cm³/mol. The van der Waals surface area contributed by atoms with Crippen molar-refractivity contribution in [3.8, 4) is 0 Å². The number of rotatable bonds is 4. The second-order valence-electron chi connectivity index (χ2n) is 7.84. The molecule has 0 aromatic carbocycles. The highest BCUT2D eigenvalue weighted by Crippen LogP contribution is 2.24. The zero-order chi connectivity index (χ0) is 14.7. The van der Waals surface area contributed by atoms with Gasteiger partial charge in [-0.1, -0.05) is 27.7 Å². The normalized spacial score (nSPS) is 26.7. The molecule has 3 nitrogen and oxygen atoms in total. The topological polar surface area (TPSA) is 24.5 Å². The van der Waals surface area contributed by atoms with Gasteiger partial charge in [0.1, 0.15) is 0 Å². The van der Waals surface area contributed by atoms with Crippen LogP contribution in [-0.4, -0.2) is 48.8 Å². The molecule has 2 atom stereocenters. The van der Waals surface area contributed by atoms with E-state index in [-0.39, 0.29) is 5.60 Å². The van der Waals surface area contributed by atoms with Gasteiger partial charge in [0, 0.05) is 31.7 Å². The SMILES string of the molecule is CCC1CNC(C(C)(C)C)CN1CCOC(C)(C)C. The molecule has 1 rings (SSSR count). The Bertz CT molecular complexity index is 265. The van der Waals surface area contributed by atoms with Crippen LogP contribution in [-0.2, 0) is 4.74 Å². The first-order chi connectivity index (χ1) is 8.63. The number of nitrogens with one attached hydrogen (secondary N) is 1. The quantitative estimate of drug-likeness (QED) is 0.850. The highest BCUT2D eigenvalue weighted by atomic mass is 16.5. The Morgan fingerprint density at radius 3 is 2.26 bits per heavy atom. The summed E-state index contributed by atoms with van der Waals surface area (Å²) < 4.78 is 5.88. The van der Waals surface area contributed by atoms with E-state index in [9.17, 15) is 0 Å². The third-order valence-electron chi connectivity index (χ3n) is 3.96. The zero-order valence-corrected chi connectivity index (χ0v) is 14.0. The zero-order valence-electron chi connectivity index (χ0n) is 14.0. The predicted octanol–water partition coefficient (Wildman–Crippen LogP) is 2.90. The molecular formula is C16H34N2O. The first-order valence-electron chi connectivity index (χ1n) is 7.75. The molecule has 1 aliphatic heterocycles. The minimum Gasteiger partial charge on any atom is -0.375 e. The summed E-state index contributed by atoms with van der Waals surface area (Å²) in [6.45, 7) is 19.7. The minimum atomic E-state index is -0.0286. The maximum Gasteiger partial charge on any atom is 0.0600 e. The summed E-state index contributed by atoms with van der Waals surface area (Å²) in [6, 6.07) is 1.23. The number of ether oxygens (including phenoxy) is 1. The summed E-state index contributed by atoms with van der Waals surface area (Å²) in [5.41, 5.74) is 0.293. The van der Waals surface area contributed by atoms with Gasteiger partial charge >= 0.3 is 0 Å². The van der Waals surface area contributed by atoms with Crippen molar-refractivity contribution < 1.29 is 4.74 Å². The van der Waals surface area contributed by atoms with Crippen LogP contribution in [0.2, 0.25) is 0 Å². The van der Waals surface area contributed by atoms with E-state index in [0.717, 1.165) is 26.2 Å². The lowest BCUT2D eigenvalue weighted by Crippen LogP contribution is -2.60. The summed E-state index contributed by atoms with van der Waals surface area (Å²) in [7, 11) is 0. The molecule has 1 fully saturated rings. The lowest BCUT2D eigenvalue weighted by molar-refractivity contribution is -0.0260. The van der Waals surface area contributed by atoms with Crippen LogP contribution < -0.4 is 5.32 Å². The highest BCUT2D eigenvalue weighted by Gasteiger charge is 2.33. The summed E-state index contributed by atoms with van der Waals surface area (Å²) in [5, 5.41) is 3.71. The van der Waals surface area contributed by atoms with Gasteiger partial charge in [-0.2, -0.15) is 0 Å². The Labute approximate surface area is 120 Å². The molecule has 114 valence electrons. The third-order valence-corrected chi connectivity index (χ3v) is 3.96. The van der Waals surface area contributed by atoms with Crippen molar-refractivity contribution in [2.75, 3.05) is 26.2 Å². The van der Waals surface area contributed by atoms with Gasteiger partial charge in [-0.3, -0.25) is 4.90 Å². The van der Waals surface area contributed by atoms with Crippen molar-refractivity contribution in [2.45, 2.75) is 72.6 Å². The molecule has 0 radical (unpaired) electrons. The highest BCUT2D eigenvalue weighted by molar-refractivity contribution is 4.91. The van der Waals surface area contributed by atoms with Crippen LogP contribution in [0.25, 0.3) is 0 Å². The Kier molecular flexibility index (Phi) is 5.84. The second-order valence-corrected chi connectivity index (χ2v) is 7.84. The van der Waals surface area contributed by atoms with Crippen molar-refractivity contribution >= 4 is 0 Å². The van der Waals surface area contributed by atoms with Crippen LogP contribution in [0, 0.1) is 5.41 Å². The van der Waals surface area contributed by atoms with E-state index in [1.807, 2.05) is 0 Å². The molecule has 2 unspecified atom stereocenters. The van der Waals surface area contributed by atoms with Crippen molar-refractivity contribution in [3.63, 3.8) is 0 Å². The van der Waals surface area contributed by atoms with Crippen LogP contribution >= 0.6 is 0 Å². The van der Waals surface area contributed by atoms with Gasteiger partial charge in [0.25, 0.3) is 0 Å². The largest absolute Gasteiger partial charge is 0.375 e. The van der Waals surface area contributed by atoms with Gasteiger partial charge in [0.2, 0.25) is 0 Å². The molecule has 0 bridgehead atoms. The number of piperazine rings is 1. The average Bonchev–Trinajstić information content (AvgIpc) is 2.26. The minimum absolute atomic E-state index is 0.0286. The fourth-order valence-electron chi connectivity index (χ4n) is 2.58. The molecule has 0 aliphatic carbocycles. The second kappa shape index (κ2) is 6.55. The van der Waals surface area contributed by atoms with E-state index in [0.29, 0.717) is 17.5 Å². The van der Waals surface area contributed by atoms with Gasteiger partial charge in [-0.15, -0.1) is 0 Å². The van der Waals surface area contributed by atoms with Crippen molar-refractivity contribution in [3.05, 3.63) is 0 Å². The fourth-order valence-corrected chi connectivity index (χ4v) is 2.58. The van der Waals surface area contributed by atoms with E-state index in [2.05, 4.69) is 58.7 Å². The van der Waals surface area contributed by atoms with Crippen LogP contribution in [0.15, 0.2) is 0 Å². The van der Waals surface area contributed by atoms with Crippen LogP contribution in [0.4, 0.5) is 0 Å². The van der Waals surface area contributed by atoms with E-state index < -0.39 is 0 Å². The maximum absolute atomic E-state index is 5.88. The molecule has 1 N–H and O–H groups in total. The Morgan fingerprint density at radius 1 is 1.16 bits per heavy atom. The van der Waals surface area contributed by atoms with E-state index in [1.165, 1.54) is 6.42 Å². The molecule has 19 heavy (non-hydrogen) atoms. The van der Waals surface area contributed by atoms with E-state index in [4.69, 9.17) is 4.74 Å². The molecule has 1 heterocycles. The summed E-state index contributed by atoms with van der Waals surface area (Å²) in [6.07, 6.45) is 1.21. The maximum atomic E-state index is 5.88. The molecule has 3 heteroatoms. The van der Waals surface area contributed by atoms with Crippen LogP contribution in [0.5, 0.6) is 0 Å². The number of hydrogen-bond acceptors (Lipinski definition) is 3. The van der Waals surface area contributed by atoms with Gasteiger partial charge in [0.15, 0.2) is 0 Å². The van der Waals surface area contributed by atoms with E-state index >= 15 is 0 Å². The number of hydrogen-bond donors (Lipinski definition) is 1. The first kappa shape index (κ1) is 16.9. The lowest BCUT2D eigenvalue weighted by Gasteiger charge is -2.45. The molecular weight excluding hydrogens is 236 g/mol. The molecule has 0 spiro atoms. The van der Waals surface area contributed by atoms with Gasteiger partial charge < -0.3 is 10.1 Å². The molecule has 0 aromatic rings. The van der Waals surface area contributed by atoms with Gasteiger partial charge in [0.05, 0.1) is 12.2 Å². The first-order valence-corrected chi connectivity index (χ1v) is 7.75. The van der Waals surface area contributed by atoms with Crippen LogP contribution in [0.3, 0.4) is 0 Å². The smallest absolute Gasteiger partial charge is 0.0600 e. The van der Waals surface area contributed by atoms with Crippen LogP contribution in [0.1, 0.15) is 54.9 Å². The van der Waals surface area contributed by atoms with Gasteiger partial charge in [-0.05, 0) is 32.6 Å². The Morgan fingerprint density at radius 2 is 1.79 bits per heavy atom. The molecule has 0 saturated carbocycles. The van der Waals surface area contributed by atoms with E-state index in [1.54, 1.807) is 0 Å². The molecule has 0 aromatic heterocycles. The third kappa shape index (κ3) is 5.80. The summed E-state index contributed by atoms with van der Waals surface area (Å²) >= 11 is 0. The monoisotopic (exact) mass is 270 g/mol.